The molecule has 23 heavy (non-hydrogen) atoms. The third-order valence-electron chi connectivity index (χ3n) is 3.84. The van der Waals surface area contributed by atoms with Gasteiger partial charge in [-0.3, -0.25) is 19.4 Å². The van der Waals surface area contributed by atoms with E-state index >= 15 is 0 Å². The summed E-state index contributed by atoms with van der Waals surface area (Å²) in [5, 5.41) is 0.304. The van der Waals surface area contributed by atoms with Crippen LogP contribution >= 0.6 is 12.2 Å². The van der Waals surface area contributed by atoms with Crippen LogP contribution in [0.25, 0.3) is 0 Å². The van der Waals surface area contributed by atoms with Gasteiger partial charge in [0.15, 0.2) is 5.11 Å². The largest absolute Gasteiger partial charge is 0.287 e. The van der Waals surface area contributed by atoms with Crippen LogP contribution in [0, 0.1) is 10.8 Å². The van der Waals surface area contributed by atoms with Gasteiger partial charge in [-0.2, -0.15) is 0 Å². The Balaban J connectivity index is 2.35. The van der Waals surface area contributed by atoms with Crippen LogP contribution in [-0.2, 0) is 16.1 Å². The molecule has 1 aromatic rings. The van der Waals surface area contributed by atoms with E-state index in [-0.39, 0.29) is 17.2 Å². The highest BCUT2D eigenvalue weighted by Crippen LogP contribution is 2.32. The number of nitrogens with zero attached hydrogens (tertiary/aromatic N) is 2. The van der Waals surface area contributed by atoms with Crippen molar-refractivity contribution >= 4 is 29.1 Å². The van der Waals surface area contributed by atoms with Crippen molar-refractivity contribution in [2.45, 2.75) is 41.2 Å². The van der Waals surface area contributed by atoms with Gasteiger partial charge in [-0.1, -0.05) is 51.1 Å². The number of benzene rings is 1. The molecule has 0 aliphatic carbocycles. The smallest absolute Gasteiger partial charge is 0.244 e. The van der Waals surface area contributed by atoms with E-state index in [9.17, 15) is 9.59 Å². The number of hydrogen-bond donors (Lipinski definition) is 0. The van der Waals surface area contributed by atoms with E-state index < -0.39 is 5.41 Å². The molecule has 4 nitrogen and oxygen atoms in total. The molecule has 2 amide bonds. The predicted molar refractivity (Wildman–Crippen MR) is 94.5 cm³/mol. The van der Waals surface area contributed by atoms with Crippen LogP contribution in [0.15, 0.2) is 30.3 Å². The second-order valence-corrected chi connectivity index (χ2v) is 8.10. The van der Waals surface area contributed by atoms with E-state index in [2.05, 4.69) is 0 Å². The van der Waals surface area contributed by atoms with Gasteiger partial charge in [0.1, 0.15) is 5.41 Å². The normalized spacial score (nSPS) is 18.6. The molecule has 5 heteroatoms. The lowest BCUT2D eigenvalue weighted by atomic mass is 9.86. The van der Waals surface area contributed by atoms with Crippen LogP contribution in [-0.4, -0.2) is 33.3 Å². The van der Waals surface area contributed by atoms with Crippen LogP contribution in [0.1, 0.15) is 40.2 Å². The van der Waals surface area contributed by atoms with E-state index in [1.165, 1.54) is 0 Å². The zero-order valence-corrected chi connectivity index (χ0v) is 15.2. The first-order valence-electron chi connectivity index (χ1n) is 7.76. The number of carbonyl (C=O) groups is 2. The molecule has 0 bridgehead atoms. The van der Waals surface area contributed by atoms with Gasteiger partial charge < -0.3 is 0 Å². The summed E-state index contributed by atoms with van der Waals surface area (Å²) in [7, 11) is 0. The summed E-state index contributed by atoms with van der Waals surface area (Å²) >= 11 is 5.48. The molecule has 2 rings (SSSR count). The van der Waals surface area contributed by atoms with Crippen LogP contribution in [0.3, 0.4) is 0 Å². The standard InChI is InChI=1S/C18H24N2O2S/c1-17(2,3)12-20-15(22)18(4,5)14(21)19(16(20)23)11-13-9-7-6-8-10-13/h6-10H,11-12H2,1-5H3. The first-order chi connectivity index (χ1) is 10.5. The molecule has 124 valence electrons. The maximum Gasteiger partial charge on any atom is 0.244 e. The molecule has 1 heterocycles. The fraction of sp³-hybridized carbons (Fsp3) is 0.500. The number of amides is 2. The number of rotatable bonds is 3. The molecule has 1 aliphatic rings. The third kappa shape index (κ3) is 3.61. The quantitative estimate of drug-likeness (QED) is 0.630. The first-order valence-corrected chi connectivity index (χ1v) is 8.17. The molecular formula is C18H24N2O2S. The molecule has 0 aromatic heterocycles. The zero-order valence-electron chi connectivity index (χ0n) is 14.4. The minimum atomic E-state index is -1.09. The predicted octanol–water partition coefficient (Wildman–Crippen LogP) is 3.21. The minimum Gasteiger partial charge on any atom is -0.287 e. The van der Waals surface area contributed by atoms with E-state index in [0.29, 0.717) is 18.2 Å². The minimum absolute atomic E-state index is 0.103. The highest BCUT2D eigenvalue weighted by molar-refractivity contribution is 7.80. The SMILES string of the molecule is CC(C)(C)CN1C(=O)C(C)(C)C(=O)N(Cc2ccccc2)C1=S. The summed E-state index contributed by atoms with van der Waals surface area (Å²) in [4.78, 5) is 28.6. The van der Waals surface area contributed by atoms with Gasteiger partial charge in [-0.05, 0) is 37.0 Å². The molecule has 0 spiro atoms. The fourth-order valence-corrected chi connectivity index (χ4v) is 2.90. The maximum absolute atomic E-state index is 12.8. The highest BCUT2D eigenvalue weighted by Gasteiger charge is 2.50. The topological polar surface area (TPSA) is 40.6 Å². The summed E-state index contributed by atoms with van der Waals surface area (Å²) in [6.07, 6.45) is 0. The molecule has 0 radical (unpaired) electrons. The van der Waals surface area contributed by atoms with Crippen molar-refractivity contribution in [1.82, 2.24) is 9.80 Å². The lowest BCUT2D eigenvalue weighted by Gasteiger charge is -2.44. The number of carbonyl (C=O) groups excluding carboxylic acids is 2. The van der Waals surface area contributed by atoms with Gasteiger partial charge in [0.05, 0.1) is 6.54 Å². The molecule has 0 unspecified atom stereocenters. The van der Waals surface area contributed by atoms with Crippen molar-refractivity contribution < 1.29 is 9.59 Å². The van der Waals surface area contributed by atoms with Crippen molar-refractivity contribution in [2.75, 3.05) is 6.54 Å². The Hall–Kier alpha value is -1.75. The van der Waals surface area contributed by atoms with E-state index in [1.54, 1.807) is 23.6 Å². The summed E-state index contributed by atoms with van der Waals surface area (Å²) in [6, 6.07) is 9.69. The Bertz CT molecular complexity index is 632. The van der Waals surface area contributed by atoms with Gasteiger partial charge in [0.25, 0.3) is 0 Å². The second-order valence-electron chi connectivity index (χ2n) is 7.74. The Morgan fingerprint density at radius 2 is 1.52 bits per heavy atom. The zero-order chi connectivity index (χ0) is 17.4. The van der Waals surface area contributed by atoms with Gasteiger partial charge in [-0.15, -0.1) is 0 Å². The molecule has 0 atom stereocenters. The van der Waals surface area contributed by atoms with Crippen molar-refractivity contribution in [3.63, 3.8) is 0 Å². The Morgan fingerprint density at radius 3 is 2.04 bits per heavy atom. The molecular weight excluding hydrogens is 308 g/mol. The van der Waals surface area contributed by atoms with Crippen LogP contribution in [0.5, 0.6) is 0 Å². The van der Waals surface area contributed by atoms with E-state index in [4.69, 9.17) is 12.2 Å². The first kappa shape index (κ1) is 17.6. The second kappa shape index (κ2) is 6.04. The van der Waals surface area contributed by atoms with Gasteiger partial charge in [0.2, 0.25) is 11.8 Å². The average molecular weight is 332 g/mol. The average Bonchev–Trinajstić information content (AvgIpc) is 2.47. The van der Waals surface area contributed by atoms with Gasteiger partial charge in [-0.25, -0.2) is 0 Å². The summed E-state index contributed by atoms with van der Waals surface area (Å²) in [6.45, 7) is 10.4. The Labute approximate surface area is 143 Å². The number of thiocarbonyl (C=S) groups is 1. The van der Waals surface area contributed by atoms with E-state index in [1.807, 2.05) is 51.1 Å². The maximum atomic E-state index is 12.8. The molecule has 1 saturated heterocycles. The van der Waals surface area contributed by atoms with Crippen molar-refractivity contribution in [2.24, 2.45) is 10.8 Å². The van der Waals surface area contributed by atoms with Gasteiger partial charge >= 0.3 is 0 Å². The molecule has 0 N–H and O–H groups in total. The monoisotopic (exact) mass is 332 g/mol. The van der Waals surface area contributed by atoms with Crippen LogP contribution < -0.4 is 0 Å². The summed E-state index contributed by atoms with van der Waals surface area (Å²) < 4.78 is 0. The molecule has 1 aromatic carbocycles. The Morgan fingerprint density at radius 1 is 1.00 bits per heavy atom. The lowest BCUT2D eigenvalue weighted by Crippen LogP contribution is -2.64. The number of hydrogen-bond acceptors (Lipinski definition) is 3. The van der Waals surface area contributed by atoms with Crippen LogP contribution in [0.2, 0.25) is 0 Å². The summed E-state index contributed by atoms with van der Waals surface area (Å²) in [5.74, 6) is -0.451. The highest BCUT2D eigenvalue weighted by atomic mass is 32.1. The van der Waals surface area contributed by atoms with Crippen molar-refractivity contribution in [3.05, 3.63) is 35.9 Å². The summed E-state index contributed by atoms with van der Waals surface area (Å²) in [5.41, 5.74) is -0.208. The fourth-order valence-electron chi connectivity index (χ4n) is 2.60. The lowest BCUT2D eigenvalue weighted by molar-refractivity contribution is -0.155. The molecule has 1 fully saturated rings. The molecule has 1 aliphatic heterocycles. The van der Waals surface area contributed by atoms with E-state index in [0.717, 1.165) is 5.56 Å². The Kier molecular flexibility index (Phi) is 4.62. The molecule has 0 saturated carbocycles. The van der Waals surface area contributed by atoms with Crippen molar-refractivity contribution in [1.29, 1.82) is 0 Å². The van der Waals surface area contributed by atoms with Crippen molar-refractivity contribution in [3.8, 4) is 0 Å². The van der Waals surface area contributed by atoms with Crippen LogP contribution in [0.4, 0.5) is 0 Å². The third-order valence-corrected chi connectivity index (χ3v) is 4.28. The van der Waals surface area contributed by atoms with Gasteiger partial charge in [0, 0.05) is 6.54 Å².